The van der Waals surface area contributed by atoms with Gasteiger partial charge in [0.25, 0.3) is 0 Å². The summed E-state index contributed by atoms with van der Waals surface area (Å²) in [6.45, 7) is 3.40. The monoisotopic (exact) mass is 360 g/mol. The van der Waals surface area contributed by atoms with Crippen LogP contribution in [0.4, 0.5) is 4.79 Å². The third kappa shape index (κ3) is 5.21. The minimum atomic E-state index is -0.304. The van der Waals surface area contributed by atoms with E-state index in [9.17, 15) is 14.4 Å². The quantitative estimate of drug-likeness (QED) is 0.860. The minimum absolute atomic E-state index is 0.0290. The summed E-state index contributed by atoms with van der Waals surface area (Å²) in [7, 11) is 3.25. The van der Waals surface area contributed by atoms with Crippen LogP contribution in [0.1, 0.15) is 25.3 Å². The Hall–Kier alpha value is -2.57. The Labute approximate surface area is 154 Å². The molecule has 1 N–H and O–H groups in total. The summed E-state index contributed by atoms with van der Waals surface area (Å²) < 4.78 is 0. The molecule has 142 valence electrons. The predicted molar refractivity (Wildman–Crippen MR) is 99.4 cm³/mol. The van der Waals surface area contributed by atoms with Gasteiger partial charge in [0.05, 0.1) is 6.54 Å². The molecule has 0 aliphatic carbocycles. The highest BCUT2D eigenvalue weighted by Gasteiger charge is 2.30. The molecule has 0 bridgehead atoms. The van der Waals surface area contributed by atoms with Crippen molar-refractivity contribution in [2.75, 3.05) is 33.7 Å². The van der Waals surface area contributed by atoms with Gasteiger partial charge in [-0.3, -0.25) is 9.59 Å². The number of rotatable bonds is 5. The molecule has 1 atom stereocenters. The Balaban J connectivity index is 2.02. The van der Waals surface area contributed by atoms with Gasteiger partial charge in [0.15, 0.2) is 0 Å². The molecule has 0 saturated carbocycles. The average Bonchev–Trinajstić information content (AvgIpc) is 2.79. The van der Waals surface area contributed by atoms with Crippen molar-refractivity contribution in [3.8, 4) is 0 Å². The number of urea groups is 1. The van der Waals surface area contributed by atoms with E-state index in [1.807, 2.05) is 42.2 Å². The van der Waals surface area contributed by atoms with E-state index in [1.54, 1.807) is 19.0 Å². The molecule has 1 saturated heterocycles. The van der Waals surface area contributed by atoms with Crippen molar-refractivity contribution in [2.45, 2.75) is 32.4 Å². The summed E-state index contributed by atoms with van der Waals surface area (Å²) in [5.41, 5.74) is 1.08. The van der Waals surface area contributed by atoms with Crippen LogP contribution in [0, 0.1) is 0 Å². The number of benzene rings is 1. The zero-order valence-electron chi connectivity index (χ0n) is 15.8. The molecule has 1 aromatic rings. The fourth-order valence-corrected chi connectivity index (χ4v) is 3.02. The second-order valence-corrected chi connectivity index (χ2v) is 6.71. The van der Waals surface area contributed by atoms with Gasteiger partial charge < -0.3 is 20.0 Å². The Morgan fingerprint density at radius 2 is 1.92 bits per heavy atom. The van der Waals surface area contributed by atoms with Crippen LogP contribution in [-0.4, -0.2) is 72.3 Å². The van der Waals surface area contributed by atoms with Crippen LogP contribution in [-0.2, 0) is 16.1 Å². The van der Waals surface area contributed by atoms with Crippen LogP contribution in [0.3, 0.4) is 0 Å². The van der Waals surface area contributed by atoms with Crippen LogP contribution < -0.4 is 5.32 Å². The molecular formula is C19H28N4O3. The number of hydrogen-bond donors (Lipinski definition) is 1. The molecule has 4 amide bonds. The highest BCUT2D eigenvalue weighted by atomic mass is 16.2. The second-order valence-electron chi connectivity index (χ2n) is 6.71. The van der Waals surface area contributed by atoms with Crippen LogP contribution in [0.2, 0.25) is 0 Å². The van der Waals surface area contributed by atoms with Gasteiger partial charge in [-0.15, -0.1) is 0 Å². The van der Waals surface area contributed by atoms with Crippen LogP contribution in [0.15, 0.2) is 30.3 Å². The lowest BCUT2D eigenvalue weighted by atomic mass is 10.1. The van der Waals surface area contributed by atoms with Gasteiger partial charge in [0.2, 0.25) is 11.8 Å². The summed E-state index contributed by atoms with van der Waals surface area (Å²) >= 11 is 0. The maximum Gasteiger partial charge on any atom is 0.317 e. The number of carbonyl (C=O) groups is 3. The first kappa shape index (κ1) is 19.8. The normalized spacial score (nSPS) is 17.7. The third-order valence-electron chi connectivity index (χ3n) is 4.60. The van der Waals surface area contributed by atoms with E-state index >= 15 is 0 Å². The van der Waals surface area contributed by atoms with Crippen LogP contribution in [0.25, 0.3) is 0 Å². The number of amides is 4. The molecule has 0 aromatic heterocycles. The van der Waals surface area contributed by atoms with E-state index in [-0.39, 0.29) is 30.4 Å². The van der Waals surface area contributed by atoms with E-state index in [1.165, 1.54) is 4.90 Å². The molecule has 1 aliphatic rings. The molecule has 1 aromatic carbocycles. The average molecular weight is 360 g/mol. The third-order valence-corrected chi connectivity index (χ3v) is 4.60. The summed E-state index contributed by atoms with van der Waals surface area (Å²) in [5, 5.41) is 2.59. The maximum absolute atomic E-state index is 12.6. The van der Waals surface area contributed by atoms with Gasteiger partial charge in [-0.1, -0.05) is 37.3 Å². The highest BCUT2D eigenvalue weighted by Crippen LogP contribution is 2.17. The molecule has 2 rings (SSSR count). The summed E-state index contributed by atoms with van der Waals surface area (Å²) in [4.78, 5) is 41.7. The molecule has 0 unspecified atom stereocenters. The van der Waals surface area contributed by atoms with Gasteiger partial charge >= 0.3 is 6.03 Å². The van der Waals surface area contributed by atoms with Crippen LogP contribution >= 0.6 is 0 Å². The Kier molecular flexibility index (Phi) is 7.00. The molecule has 1 fully saturated rings. The smallest absolute Gasteiger partial charge is 0.317 e. The van der Waals surface area contributed by atoms with Crippen LogP contribution in [0.5, 0.6) is 0 Å². The maximum atomic E-state index is 12.6. The number of nitrogens with zero attached hydrogens (tertiary/aromatic N) is 3. The summed E-state index contributed by atoms with van der Waals surface area (Å²) in [5.74, 6) is -0.0960. The SMILES string of the molecule is CC[C@H]1CN(C(=O)CNC(=O)N(C)C)CCC(=O)N1Cc1ccccc1. The van der Waals surface area contributed by atoms with E-state index in [0.29, 0.717) is 26.1 Å². The lowest BCUT2D eigenvalue weighted by Gasteiger charge is -2.31. The zero-order chi connectivity index (χ0) is 19.1. The fourth-order valence-electron chi connectivity index (χ4n) is 3.02. The van der Waals surface area contributed by atoms with E-state index in [2.05, 4.69) is 5.32 Å². The van der Waals surface area contributed by atoms with Crippen molar-refractivity contribution in [1.82, 2.24) is 20.0 Å². The van der Waals surface area contributed by atoms with Crippen molar-refractivity contribution in [1.29, 1.82) is 0 Å². The van der Waals surface area contributed by atoms with Gasteiger partial charge in [0.1, 0.15) is 0 Å². The second kappa shape index (κ2) is 9.22. The standard InChI is InChI=1S/C19H28N4O3/c1-4-16-14-22(18(25)12-20-19(26)21(2)3)11-10-17(24)23(16)13-15-8-6-5-7-9-15/h5-9,16H,4,10-14H2,1-3H3,(H,20,26)/t16-/m0/s1. The zero-order valence-corrected chi connectivity index (χ0v) is 15.8. The van der Waals surface area contributed by atoms with E-state index in [0.717, 1.165) is 12.0 Å². The van der Waals surface area contributed by atoms with E-state index < -0.39 is 0 Å². The van der Waals surface area contributed by atoms with Gasteiger partial charge in [-0.2, -0.15) is 0 Å². The minimum Gasteiger partial charge on any atom is -0.339 e. The fraction of sp³-hybridized carbons (Fsp3) is 0.526. The Bertz CT molecular complexity index is 633. The molecule has 7 heteroatoms. The van der Waals surface area contributed by atoms with Crippen molar-refractivity contribution < 1.29 is 14.4 Å². The van der Waals surface area contributed by atoms with Crippen molar-refractivity contribution >= 4 is 17.8 Å². The first-order valence-electron chi connectivity index (χ1n) is 8.98. The summed E-state index contributed by atoms with van der Waals surface area (Å²) in [6.07, 6.45) is 1.07. The van der Waals surface area contributed by atoms with Gasteiger partial charge in [0, 0.05) is 46.2 Å². The van der Waals surface area contributed by atoms with Crippen molar-refractivity contribution in [2.24, 2.45) is 0 Å². The molecule has 1 heterocycles. The number of carbonyl (C=O) groups excluding carboxylic acids is 3. The van der Waals surface area contributed by atoms with E-state index in [4.69, 9.17) is 0 Å². The summed E-state index contributed by atoms with van der Waals surface area (Å²) in [6, 6.07) is 9.55. The molecule has 26 heavy (non-hydrogen) atoms. The first-order chi connectivity index (χ1) is 12.4. The molecular weight excluding hydrogens is 332 g/mol. The Morgan fingerprint density at radius 1 is 1.23 bits per heavy atom. The predicted octanol–water partition coefficient (Wildman–Crippen LogP) is 1.30. The molecule has 0 spiro atoms. The number of nitrogens with one attached hydrogen (secondary N) is 1. The van der Waals surface area contributed by atoms with Crippen molar-refractivity contribution in [3.63, 3.8) is 0 Å². The van der Waals surface area contributed by atoms with Crippen molar-refractivity contribution in [3.05, 3.63) is 35.9 Å². The topological polar surface area (TPSA) is 73.0 Å². The molecule has 7 nitrogen and oxygen atoms in total. The van der Waals surface area contributed by atoms with Gasteiger partial charge in [-0.25, -0.2) is 4.79 Å². The first-order valence-corrected chi connectivity index (χ1v) is 8.98. The molecule has 1 aliphatic heterocycles. The number of hydrogen-bond acceptors (Lipinski definition) is 3. The van der Waals surface area contributed by atoms with Gasteiger partial charge in [-0.05, 0) is 12.0 Å². The lowest BCUT2D eigenvalue weighted by molar-refractivity contribution is -0.133. The Morgan fingerprint density at radius 3 is 2.54 bits per heavy atom. The largest absolute Gasteiger partial charge is 0.339 e. The lowest BCUT2D eigenvalue weighted by Crippen LogP contribution is -2.47. The highest BCUT2D eigenvalue weighted by molar-refractivity contribution is 5.85. The molecule has 0 radical (unpaired) electrons.